The molecule has 24 heavy (non-hydrogen) atoms. The number of hydrogen-bond acceptors (Lipinski definition) is 6. The maximum Gasteiger partial charge on any atom is 0.225 e. The lowest BCUT2D eigenvalue weighted by Gasteiger charge is -2.37. The van der Waals surface area contributed by atoms with E-state index in [1.165, 1.54) is 12.8 Å². The van der Waals surface area contributed by atoms with Gasteiger partial charge < -0.3 is 15.4 Å². The summed E-state index contributed by atoms with van der Waals surface area (Å²) >= 11 is 0. The highest BCUT2D eigenvalue weighted by Gasteiger charge is 2.42. The Kier molecular flexibility index (Phi) is 5.30. The number of nitrogens with zero attached hydrogens (tertiary/aromatic N) is 4. The van der Waals surface area contributed by atoms with E-state index in [4.69, 9.17) is 15.5 Å². The van der Waals surface area contributed by atoms with Crippen molar-refractivity contribution in [1.82, 2.24) is 14.9 Å². The van der Waals surface area contributed by atoms with Crippen LogP contribution in [-0.2, 0) is 16.1 Å². The van der Waals surface area contributed by atoms with Gasteiger partial charge in [0.15, 0.2) is 0 Å². The van der Waals surface area contributed by atoms with Gasteiger partial charge in [-0.2, -0.15) is 0 Å². The summed E-state index contributed by atoms with van der Waals surface area (Å²) in [6.07, 6.45) is 6.53. The Bertz CT molecular complexity index is 576. The normalized spacial score (nSPS) is 24.6. The Morgan fingerprint density at radius 2 is 2.12 bits per heavy atom. The van der Waals surface area contributed by atoms with Crippen LogP contribution >= 0.6 is 0 Å². The number of nitrogens with two attached hydrogens (primary N) is 1. The molecule has 2 N–H and O–H groups in total. The quantitative estimate of drug-likeness (QED) is 0.799. The lowest BCUT2D eigenvalue weighted by molar-refractivity contribution is -0.121. The molecule has 0 aromatic carbocycles. The number of anilines is 1. The lowest BCUT2D eigenvalue weighted by Crippen LogP contribution is -2.49. The van der Waals surface area contributed by atoms with Crippen molar-refractivity contribution in [3.05, 3.63) is 18.0 Å². The molecular formula is C17H27N5O2. The van der Waals surface area contributed by atoms with E-state index in [2.05, 4.69) is 14.8 Å². The lowest BCUT2D eigenvalue weighted by atomic mass is 9.92. The van der Waals surface area contributed by atoms with Crippen LogP contribution in [0.1, 0.15) is 37.8 Å². The number of carbonyl (C=O) groups is 1. The zero-order valence-electron chi connectivity index (χ0n) is 14.4. The van der Waals surface area contributed by atoms with Gasteiger partial charge in [-0.1, -0.05) is 0 Å². The molecule has 2 aliphatic heterocycles. The average Bonchev–Trinajstić information content (AvgIpc) is 3.19. The molecule has 1 amide bonds. The number of hydrogen-bond donors (Lipinski definition) is 1. The summed E-state index contributed by atoms with van der Waals surface area (Å²) < 4.78 is 5.41. The summed E-state index contributed by atoms with van der Waals surface area (Å²) in [4.78, 5) is 25.3. The van der Waals surface area contributed by atoms with Gasteiger partial charge in [-0.05, 0) is 38.3 Å². The standard InChI is InChI=1S/C17H27N5O2/c1-24-13-17(11-15(18)23)6-4-10-22(17)12-14-5-7-19-16(20-14)21-8-2-3-9-21/h5,7H,2-4,6,8-13H2,1H3,(H2,18,23). The van der Waals surface area contributed by atoms with Crippen LogP contribution in [0.3, 0.4) is 0 Å². The Labute approximate surface area is 143 Å². The molecule has 0 aliphatic carbocycles. The topological polar surface area (TPSA) is 84.6 Å². The number of ether oxygens (including phenoxy) is 1. The zero-order chi connectivity index (χ0) is 17.0. The highest BCUT2D eigenvalue weighted by atomic mass is 16.5. The van der Waals surface area contributed by atoms with Crippen LogP contribution in [0.2, 0.25) is 0 Å². The third-order valence-electron chi connectivity index (χ3n) is 5.10. The van der Waals surface area contributed by atoms with Crippen molar-refractivity contribution in [2.45, 2.75) is 44.2 Å². The summed E-state index contributed by atoms with van der Waals surface area (Å²) in [5.74, 6) is 0.538. The van der Waals surface area contributed by atoms with Crippen LogP contribution in [0, 0.1) is 0 Å². The third-order valence-corrected chi connectivity index (χ3v) is 5.10. The largest absolute Gasteiger partial charge is 0.383 e. The van der Waals surface area contributed by atoms with Crippen molar-refractivity contribution in [3.63, 3.8) is 0 Å². The minimum Gasteiger partial charge on any atom is -0.383 e. The summed E-state index contributed by atoms with van der Waals surface area (Å²) in [7, 11) is 1.68. The molecule has 2 fully saturated rings. The molecule has 1 aromatic rings. The van der Waals surface area contributed by atoms with Crippen molar-refractivity contribution in [1.29, 1.82) is 0 Å². The van der Waals surface area contributed by atoms with Crippen LogP contribution in [0.25, 0.3) is 0 Å². The van der Waals surface area contributed by atoms with Crippen LogP contribution in [-0.4, -0.2) is 59.7 Å². The first-order valence-corrected chi connectivity index (χ1v) is 8.72. The first-order chi connectivity index (χ1) is 11.6. The van der Waals surface area contributed by atoms with E-state index >= 15 is 0 Å². The van der Waals surface area contributed by atoms with Crippen molar-refractivity contribution in [2.75, 3.05) is 38.3 Å². The van der Waals surface area contributed by atoms with Crippen molar-refractivity contribution < 1.29 is 9.53 Å². The first kappa shape index (κ1) is 17.1. The molecule has 2 aliphatic rings. The third kappa shape index (κ3) is 3.67. The summed E-state index contributed by atoms with van der Waals surface area (Å²) in [6.45, 7) is 4.20. The molecule has 7 nitrogen and oxygen atoms in total. The molecule has 0 bridgehead atoms. The molecule has 1 atom stereocenters. The molecular weight excluding hydrogens is 306 g/mol. The van der Waals surface area contributed by atoms with E-state index < -0.39 is 0 Å². The second kappa shape index (κ2) is 7.44. The number of amides is 1. The van der Waals surface area contributed by atoms with Gasteiger partial charge >= 0.3 is 0 Å². The van der Waals surface area contributed by atoms with Crippen molar-refractivity contribution >= 4 is 11.9 Å². The number of aromatic nitrogens is 2. The first-order valence-electron chi connectivity index (χ1n) is 8.72. The minimum atomic E-state index is -0.306. The van der Waals surface area contributed by atoms with E-state index in [-0.39, 0.29) is 11.4 Å². The van der Waals surface area contributed by atoms with Gasteiger partial charge in [0.1, 0.15) is 0 Å². The SMILES string of the molecule is COCC1(CC(N)=O)CCCN1Cc1ccnc(N2CCCC2)n1. The molecule has 3 rings (SSSR count). The highest BCUT2D eigenvalue weighted by Crippen LogP contribution is 2.34. The van der Waals surface area contributed by atoms with Crippen LogP contribution in [0.4, 0.5) is 5.95 Å². The molecule has 0 spiro atoms. The smallest absolute Gasteiger partial charge is 0.225 e. The van der Waals surface area contributed by atoms with Crippen LogP contribution in [0.15, 0.2) is 12.3 Å². The van der Waals surface area contributed by atoms with Crippen molar-refractivity contribution in [3.8, 4) is 0 Å². The van der Waals surface area contributed by atoms with Gasteiger partial charge in [0, 0.05) is 39.4 Å². The molecule has 2 saturated heterocycles. The van der Waals surface area contributed by atoms with Gasteiger partial charge in [-0.3, -0.25) is 9.69 Å². The number of methoxy groups -OCH3 is 1. The molecule has 3 heterocycles. The molecule has 0 saturated carbocycles. The zero-order valence-corrected chi connectivity index (χ0v) is 14.4. The predicted molar refractivity (Wildman–Crippen MR) is 91.5 cm³/mol. The fourth-order valence-electron chi connectivity index (χ4n) is 3.99. The van der Waals surface area contributed by atoms with Gasteiger partial charge in [0.2, 0.25) is 11.9 Å². The maximum absolute atomic E-state index is 11.6. The molecule has 132 valence electrons. The Morgan fingerprint density at radius 1 is 1.33 bits per heavy atom. The second-order valence-corrected chi connectivity index (χ2v) is 6.87. The summed E-state index contributed by atoms with van der Waals surface area (Å²) in [5.41, 5.74) is 6.18. The van der Waals surface area contributed by atoms with Crippen LogP contribution < -0.4 is 10.6 Å². The number of rotatable bonds is 7. The molecule has 1 unspecified atom stereocenters. The molecule has 0 radical (unpaired) electrons. The van der Waals surface area contributed by atoms with E-state index in [1.54, 1.807) is 7.11 Å². The van der Waals surface area contributed by atoms with E-state index in [1.807, 2.05) is 12.3 Å². The molecule has 7 heteroatoms. The van der Waals surface area contributed by atoms with E-state index in [0.29, 0.717) is 19.6 Å². The van der Waals surface area contributed by atoms with Gasteiger partial charge in [0.05, 0.1) is 17.8 Å². The Hall–Kier alpha value is -1.73. The van der Waals surface area contributed by atoms with E-state index in [0.717, 1.165) is 44.1 Å². The van der Waals surface area contributed by atoms with Crippen LogP contribution in [0.5, 0.6) is 0 Å². The predicted octanol–water partition coefficient (Wildman–Crippen LogP) is 0.933. The van der Waals surface area contributed by atoms with Gasteiger partial charge in [-0.15, -0.1) is 0 Å². The summed E-state index contributed by atoms with van der Waals surface area (Å²) in [6, 6.07) is 1.96. The van der Waals surface area contributed by atoms with Crippen molar-refractivity contribution in [2.24, 2.45) is 5.73 Å². The van der Waals surface area contributed by atoms with Gasteiger partial charge in [-0.25, -0.2) is 9.97 Å². The van der Waals surface area contributed by atoms with E-state index in [9.17, 15) is 4.79 Å². The number of likely N-dealkylation sites (tertiary alicyclic amines) is 1. The Balaban J connectivity index is 1.76. The fourth-order valence-corrected chi connectivity index (χ4v) is 3.99. The summed E-state index contributed by atoms with van der Waals surface area (Å²) in [5, 5.41) is 0. The van der Waals surface area contributed by atoms with Gasteiger partial charge in [0.25, 0.3) is 0 Å². The second-order valence-electron chi connectivity index (χ2n) is 6.87. The molecule has 1 aromatic heterocycles. The fraction of sp³-hybridized carbons (Fsp3) is 0.706. The number of primary amides is 1. The maximum atomic E-state index is 11.6. The highest BCUT2D eigenvalue weighted by molar-refractivity contribution is 5.75. The Morgan fingerprint density at radius 3 is 2.83 bits per heavy atom. The average molecular weight is 333 g/mol. The number of carbonyl (C=O) groups excluding carboxylic acids is 1. The monoisotopic (exact) mass is 333 g/mol. The minimum absolute atomic E-state index is 0.278.